The molecule has 2 atom stereocenters. The summed E-state index contributed by atoms with van der Waals surface area (Å²) in [5.74, 6) is -1.02. The minimum atomic E-state index is -0.508. The van der Waals surface area contributed by atoms with Gasteiger partial charge in [0.05, 0.1) is 0 Å². The van der Waals surface area contributed by atoms with Crippen molar-refractivity contribution in [2.75, 3.05) is 0 Å². The van der Waals surface area contributed by atoms with Crippen LogP contribution in [0.4, 0.5) is 0 Å². The number of carbonyl (C=O) groups excluding carboxylic acids is 2. The maximum atomic E-state index is 10.7. The van der Waals surface area contributed by atoms with Crippen LogP contribution in [-0.2, 0) is 19.1 Å². The standard InChI is InChI=1S/C7H10O4/c1-4-5(2)11-7(9)3-6(8)10-4/h4-5H,3H2,1-2H3. The average Bonchev–Trinajstić information content (AvgIpc) is 1.93. The molecule has 0 aliphatic carbocycles. The largest absolute Gasteiger partial charge is 0.458 e. The average molecular weight is 158 g/mol. The third-order valence-electron chi connectivity index (χ3n) is 1.58. The molecule has 1 fully saturated rings. The fourth-order valence-electron chi connectivity index (χ4n) is 0.807. The lowest BCUT2D eigenvalue weighted by atomic mass is 10.3. The molecule has 0 N–H and O–H groups in total. The van der Waals surface area contributed by atoms with E-state index in [0.717, 1.165) is 0 Å². The highest BCUT2D eigenvalue weighted by atomic mass is 16.6. The minimum Gasteiger partial charge on any atom is -0.458 e. The Kier molecular flexibility index (Phi) is 2.12. The van der Waals surface area contributed by atoms with Crippen molar-refractivity contribution in [1.82, 2.24) is 0 Å². The molecule has 1 aliphatic heterocycles. The lowest BCUT2D eigenvalue weighted by Gasteiger charge is -2.15. The molecule has 2 unspecified atom stereocenters. The van der Waals surface area contributed by atoms with Crippen molar-refractivity contribution in [3.63, 3.8) is 0 Å². The van der Waals surface area contributed by atoms with E-state index in [1.165, 1.54) is 0 Å². The van der Waals surface area contributed by atoms with Crippen molar-refractivity contribution in [3.8, 4) is 0 Å². The fourth-order valence-corrected chi connectivity index (χ4v) is 0.807. The molecule has 4 nitrogen and oxygen atoms in total. The van der Waals surface area contributed by atoms with E-state index in [1.54, 1.807) is 13.8 Å². The van der Waals surface area contributed by atoms with E-state index in [0.29, 0.717) is 0 Å². The van der Waals surface area contributed by atoms with Gasteiger partial charge < -0.3 is 9.47 Å². The molecule has 1 saturated heterocycles. The topological polar surface area (TPSA) is 52.6 Å². The van der Waals surface area contributed by atoms with Gasteiger partial charge >= 0.3 is 11.9 Å². The molecule has 0 aromatic rings. The Morgan fingerprint density at radius 3 is 1.82 bits per heavy atom. The molecule has 11 heavy (non-hydrogen) atoms. The van der Waals surface area contributed by atoms with Gasteiger partial charge in [-0.1, -0.05) is 0 Å². The monoisotopic (exact) mass is 158 g/mol. The molecule has 1 aliphatic rings. The van der Waals surface area contributed by atoms with Crippen LogP contribution in [0.15, 0.2) is 0 Å². The van der Waals surface area contributed by atoms with E-state index in [2.05, 4.69) is 0 Å². The van der Waals surface area contributed by atoms with Gasteiger partial charge in [0.15, 0.2) is 0 Å². The lowest BCUT2D eigenvalue weighted by molar-refractivity contribution is -0.148. The minimum absolute atomic E-state index is 0.269. The molecule has 0 aromatic heterocycles. The quantitative estimate of drug-likeness (QED) is 0.374. The molecule has 0 spiro atoms. The van der Waals surface area contributed by atoms with E-state index >= 15 is 0 Å². The van der Waals surface area contributed by atoms with Crippen LogP contribution in [0.2, 0.25) is 0 Å². The first-order valence-electron chi connectivity index (χ1n) is 3.48. The van der Waals surface area contributed by atoms with Crippen LogP contribution in [0.3, 0.4) is 0 Å². The SMILES string of the molecule is CC1OC(=O)CC(=O)OC1C. The summed E-state index contributed by atoms with van der Waals surface area (Å²) < 4.78 is 9.62. The molecule has 62 valence electrons. The molecular formula is C7H10O4. The van der Waals surface area contributed by atoms with E-state index in [-0.39, 0.29) is 18.6 Å². The zero-order valence-corrected chi connectivity index (χ0v) is 6.49. The number of cyclic esters (lactones) is 2. The molecule has 0 saturated carbocycles. The van der Waals surface area contributed by atoms with Crippen LogP contribution in [0.25, 0.3) is 0 Å². The van der Waals surface area contributed by atoms with Crippen molar-refractivity contribution in [2.45, 2.75) is 32.5 Å². The molecule has 1 heterocycles. The molecule has 0 aromatic carbocycles. The summed E-state index contributed by atoms with van der Waals surface area (Å²) in [6.07, 6.45) is -0.947. The van der Waals surface area contributed by atoms with Gasteiger partial charge in [0.2, 0.25) is 0 Å². The third-order valence-corrected chi connectivity index (χ3v) is 1.58. The van der Waals surface area contributed by atoms with Crippen LogP contribution in [-0.4, -0.2) is 24.1 Å². The molecule has 0 amide bonds. The Morgan fingerprint density at radius 2 is 1.45 bits per heavy atom. The van der Waals surface area contributed by atoms with Gasteiger partial charge in [0.25, 0.3) is 0 Å². The van der Waals surface area contributed by atoms with Crippen molar-refractivity contribution in [3.05, 3.63) is 0 Å². The van der Waals surface area contributed by atoms with Crippen LogP contribution in [0.1, 0.15) is 20.3 Å². The van der Waals surface area contributed by atoms with Gasteiger partial charge in [-0.15, -0.1) is 0 Å². The second kappa shape index (κ2) is 2.90. The summed E-state index contributed by atoms with van der Waals surface area (Å²) in [4.78, 5) is 21.5. The Hall–Kier alpha value is -1.06. The summed E-state index contributed by atoms with van der Waals surface area (Å²) in [5.41, 5.74) is 0. The summed E-state index contributed by atoms with van der Waals surface area (Å²) >= 11 is 0. The lowest BCUT2D eigenvalue weighted by Crippen LogP contribution is -2.25. The van der Waals surface area contributed by atoms with E-state index < -0.39 is 11.9 Å². The first-order valence-corrected chi connectivity index (χ1v) is 3.48. The van der Waals surface area contributed by atoms with Gasteiger partial charge in [-0.3, -0.25) is 9.59 Å². The van der Waals surface area contributed by atoms with Crippen molar-refractivity contribution in [1.29, 1.82) is 0 Å². The molecule has 0 bridgehead atoms. The summed E-state index contributed by atoms with van der Waals surface area (Å²) in [7, 11) is 0. The molecule has 4 heteroatoms. The fraction of sp³-hybridized carbons (Fsp3) is 0.714. The van der Waals surface area contributed by atoms with Crippen molar-refractivity contribution < 1.29 is 19.1 Å². The number of rotatable bonds is 0. The van der Waals surface area contributed by atoms with Crippen LogP contribution in [0.5, 0.6) is 0 Å². The molecule has 1 rings (SSSR count). The normalized spacial score (nSPS) is 32.2. The first-order chi connectivity index (χ1) is 5.09. The zero-order chi connectivity index (χ0) is 8.43. The maximum absolute atomic E-state index is 10.7. The predicted molar refractivity (Wildman–Crippen MR) is 35.7 cm³/mol. The number of ether oxygens (including phenoxy) is 2. The van der Waals surface area contributed by atoms with Gasteiger partial charge in [-0.2, -0.15) is 0 Å². The summed E-state index contributed by atoms with van der Waals surface area (Å²) in [6, 6.07) is 0. The Bertz CT molecular complexity index is 167. The van der Waals surface area contributed by atoms with Crippen LogP contribution in [0, 0.1) is 0 Å². The number of hydrogen-bond acceptors (Lipinski definition) is 4. The molecule has 0 radical (unpaired) electrons. The number of hydrogen-bond donors (Lipinski definition) is 0. The highest BCUT2D eigenvalue weighted by molar-refractivity contribution is 5.91. The Balaban J connectivity index is 2.66. The van der Waals surface area contributed by atoms with E-state index in [9.17, 15) is 9.59 Å². The van der Waals surface area contributed by atoms with E-state index in [4.69, 9.17) is 9.47 Å². The second-order valence-corrected chi connectivity index (χ2v) is 2.57. The number of carbonyl (C=O) groups is 2. The Morgan fingerprint density at radius 1 is 1.09 bits per heavy atom. The Labute approximate surface area is 64.5 Å². The third kappa shape index (κ3) is 1.93. The zero-order valence-electron chi connectivity index (χ0n) is 6.49. The van der Waals surface area contributed by atoms with Crippen molar-refractivity contribution in [2.24, 2.45) is 0 Å². The van der Waals surface area contributed by atoms with Gasteiger partial charge in [0, 0.05) is 0 Å². The van der Waals surface area contributed by atoms with Gasteiger partial charge in [0.1, 0.15) is 18.6 Å². The summed E-state index contributed by atoms with van der Waals surface area (Å²) in [6.45, 7) is 3.39. The van der Waals surface area contributed by atoms with Crippen molar-refractivity contribution >= 4 is 11.9 Å². The second-order valence-electron chi connectivity index (χ2n) is 2.57. The maximum Gasteiger partial charge on any atom is 0.317 e. The predicted octanol–water partition coefficient (Wildman–Crippen LogP) is 0.253. The smallest absolute Gasteiger partial charge is 0.317 e. The summed E-state index contributed by atoms with van der Waals surface area (Å²) in [5, 5.41) is 0. The highest BCUT2D eigenvalue weighted by Gasteiger charge is 2.26. The van der Waals surface area contributed by atoms with Gasteiger partial charge in [-0.05, 0) is 13.8 Å². The van der Waals surface area contributed by atoms with E-state index in [1.807, 2.05) is 0 Å². The first kappa shape index (κ1) is 8.04. The van der Waals surface area contributed by atoms with Gasteiger partial charge in [-0.25, -0.2) is 0 Å². The molecular weight excluding hydrogens is 148 g/mol. The van der Waals surface area contributed by atoms with Crippen LogP contribution >= 0.6 is 0 Å². The van der Waals surface area contributed by atoms with Crippen LogP contribution < -0.4 is 0 Å². The highest BCUT2D eigenvalue weighted by Crippen LogP contribution is 2.10. The number of esters is 2.